The fourth-order valence-electron chi connectivity index (χ4n) is 1.88. The van der Waals surface area contributed by atoms with Gasteiger partial charge in [-0.05, 0) is 30.7 Å². The van der Waals surface area contributed by atoms with Crippen molar-refractivity contribution >= 4 is 35.1 Å². The maximum absolute atomic E-state index is 11.9. The summed E-state index contributed by atoms with van der Waals surface area (Å²) in [4.78, 5) is 15.9. The van der Waals surface area contributed by atoms with Gasteiger partial charge in [0.05, 0.1) is 5.02 Å². The summed E-state index contributed by atoms with van der Waals surface area (Å²) in [5, 5.41) is 3.71. The van der Waals surface area contributed by atoms with Crippen molar-refractivity contribution in [2.45, 2.75) is 24.5 Å². The van der Waals surface area contributed by atoms with E-state index in [4.69, 9.17) is 17.3 Å². The molecule has 1 unspecified atom stereocenters. The first-order valence-corrected chi connectivity index (χ1v) is 7.41. The van der Waals surface area contributed by atoms with Gasteiger partial charge in [-0.3, -0.25) is 4.79 Å². The molecule has 1 atom stereocenters. The van der Waals surface area contributed by atoms with E-state index in [0.29, 0.717) is 22.6 Å². The van der Waals surface area contributed by atoms with Gasteiger partial charge in [0.25, 0.3) is 5.91 Å². The Morgan fingerprint density at radius 2 is 2.39 bits per heavy atom. The molecule has 1 amide bonds. The number of nitrogens with zero attached hydrogens (tertiary/aromatic N) is 1. The topological polar surface area (TPSA) is 68.0 Å². The van der Waals surface area contributed by atoms with E-state index in [2.05, 4.69) is 10.3 Å². The van der Waals surface area contributed by atoms with Crippen molar-refractivity contribution in [3.63, 3.8) is 0 Å². The number of amides is 1. The van der Waals surface area contributed by atoms with Crippen LogP contribution in [0.5, 0.6) is 0 Å². The predicted molar refractivity (Wildman–Crippen MR) is 76.1 cm³/mol. The maximum Gasteiger partial charge on any atom is 0.271 e. The number of nitrogens with one attached hydrogen (secondary N) is 1. The summed E-state index contributed by atoms with van der Waals surface area (Å²) in [5.41, 5.74) is 5.76. The van der Waals surface area contributed by atoms with Gasteiger partial charge in [0.2, 0.25) is 0 Å². The van der Waals surface area contributed by atoms with Gasteiger partial charge in [-0.15, -0.1) is 0 Å². The van der Waals surface area contributed by atoms with Crippen LogP contribution in [0.1, 0.15) is 29.8 Å². The quantitative estimate of drug-likeness (QED) is 0.894. The Balaban J connectivity index is 1.92. The molecule has 3 N–H and O–H groups in total. The van der Waals surface area contributed by atoms with Gasteiger partial charge < -0.3 is 11.1 Å². The maximum atomic E-state index is 11.9. The molecule has 0 aliphatic carbocycles. The van der Waals surface area contributed by atoms with Crippen LogP contribution in [0.25, 0.3) is 0 Å². The Hall–Kier alpha value is -0.940. The van der Waals surface area contributed by atoms with Crippen molar-refractivity contribution in [1.29, 1.82) is 0 Å². The van der Waals surface area contributed by atoms with E-state index in [1.165, 1.54) is 18.6 Å². The molecule has 0 bridgehead atoms. The SMILES string of the molecule is Nc1ccc(Cl)c(C(=O)NCC2CCCCS2)n1. The van der Waals surface area contributed by atoms with Crippen molar-refractivity contribution in [3.8, 4) is 0 Å². The molecule has 0 spiro atoms. The molecule has 4 nitrogen and oxygen atoms in total. The number of aromatic nitrogens is 1. The minimum atomic E-state index is -0.251. The molecule has 0 saturated carbocycles. The molecule has 1 aliphatic rings. The summed E-state index contributed by atoms with van der Waals surface area (Å²) in [6, 6.07) is 3.17. The highest BCUT2D eigenvalue weighted by molar-refractivity contribution is 7.99. The van der Waals surface area contributed by atoms with Crippen LogP contribution < -0.4 is 11.1 Å². The highest BCUT2D eigenvalue weighted by Gasteiger charge is 2.17. The van der Waals surface area contributed by atoms with Crippen molar-refractivity contribution in [2.75, 3.05) is 18.0 Å². The number of nitrogen functional groups attached to an aromatic ring is 1. The number of anilines is 1. The number of nitrogens with two attached hydrogens (primary N) is 1. The molecule has 1 fully saturated rings. The molecule has 2 rings (SSSR count). The number of hydrogen-bond acceptors (Lipinski definition) is 4. The Bertz CT molecular complexity index is 435. The summed E-state index contributed by atoms with van der Waals surface area (Å²) in [5.74, 6) is 1.23. The number of carbonyl (C=O) groups excluding carboxylic acids is 1. The standard InChI is InChI=1S/C12H16ClN3OS/c13-9-4-5-10(14)16-11(9)12(17)15-7-8-3-1-2-6-18-8/h4-5,8H,1-3,6-7H2,(H2,14,16)(H,15,17). The largest absolute Gasteiger partial charge is 0.384 e. The molecule has 1 aromatic heterocycles. The average molecular weight is 286 g/mol. The molecule has 2 heterocycles. The number of carbonyl (C=O) groups is 1. The van der Waals surface area contributed by atoms with Crippen molar-refractivity contribution in [1.82, 2.24) is 10.3 Å². The van der Waals surface area contributed by atoms with Crippen LogP contribution in [0, 0.1) is 0 Å². The first kappa shape index (κ1) is 13.5. The zero-order valence-electron chi connectivity index (χ0n) is 9.99. The van der Waals surface area contributed by atoms with Crippen molar-refractivity contribution < 1.29 is 4.79 Å². The van der Waals surface area contributed by atoms with E-state index in [-0.39, 0.29) is 11.6 Å². The third-order valence-corrected chi connectivity index (χ3v) is 4.55. The second kappa shape index (κ2) is 6.29. The lowest BCUT2D eigenvalue weighted by Crippen LogP contribution is -2.32. The molecule has 1 aromatic rings. The normalized spacial score (nSPS) is 19.5. The van der Waals surface area contributed by atoms with Crippen LogP contribution in [0.2, 0.25) is 5.02 Å². The fourth-order valence-corrected chi connectivity index (χ4v) is 3.30. The van der Waals surface area contributed by atoms with Gasteiger partial charge in [-0.1, -0.05) is 18.0 Å². The Morgan fingerprint density at radius 3 is 3.11 bits per heavy atom. The molecular formula is C12H16ClN3OS. The molecule has 0 aromatic carbocycles. The Labute approximate surface area is 116 Å². The summed E-state index contributed by atoms with van der Waals surface area (Å²) < 4.78 is 0. The number of pyridine rings is 1. The van der Waals surface area contributed by atoms with Crippen LogP contribution in [0.15, 0.2) is 12.1 Å². The second-order valence-corrected chi connectivity index (χ2v) is 6.08. The summed E-state index contributed by atoms with van der Waals surface area (Å²) in [7, 11) is 0. The zero-order valence-corrected chi connectivity index (χ0v) is 11.6. The molecule has 1 saturated heterocycles. The molecule has 6 heteroatoms. The van der Waals surface area contributed by atoms with Gasteiger partial charge >= 0.3 is 0 Å². The van der Waals surface area contributed by atoms with Gasteiger partial charge in [0, 0.05) is 11.8 Å². The van der Waals surface area contributed by atoms with E-state index in [0.717, 1.165) is 6.42 Å². The highest BCUT2D eigenvalue weighted by Crippen LogP contribution is 2.24. The van der Waals surface area contributed by atoms with Crippen LogP contribution in [0.4, 0.5) is 5.82 Å². The summed E-state index contributed by atoms with van der Waals surface area (Å²) >= 11 is 7.84. The fraction of sp³-hybridized carbons (Fsp3) is 0.500. The van der Waals surface area contributed by atoms with E-state index >= 15 is 0 Å². The van der Waals surface area contributed by atoms with Gasteiger partial charge in [0.1, 0.15) is 11.5 Å². The summed E-state index contributed by atoms with van der Waals surface area (Å²) in [6.45, 7) is 0.663. The van der Waals surface area contributed by atoms with E-state index in [1.54, 1.807) is 12.1 Å². The number of halogens is 1. The van der Waals surface area contributed by atoms with Crippen LogP contribution in [-0.4, -0.2) is 28.4 Å². The Morgan fingerprint density at radius 1 is 1.56 bits per heavy atom. The Kier molecular flexibility index (Phi) is 4.72. The van der Waals surface area contributed by atoms with Gasteiger partial charge in [-0.2, -0.15) is 11.8 Å². The molecular weight excluding hydrogens is 270 g/mol. The average Bonchev–Trinajstić information content (AvgIpc) is 2.40. The van der Waals surface area contributed by atoms with E-state index < -0.39 is 0 Å². The lowest BCUT2D eigenvalue weighted by Gasteiger charge is -2.21. The van der Waals surface area contributed by atoms with E-state index in [1.807, 2.05) is 11.8 Å². The highest BCUT2D eigenvalue weighted by atomic mass is 35.5. The molecule has 18 heavy (non-hydrogen) atoms. The smallest absolute Gasteiger partial charge is 0.271 e. The predicted octanol–water partition coefficient (Wildman–Crippen LogP) is 2.33. The number of hydrogen-bond donors (Lipinski definition) is 2. The van der Waals surface area contributed by atoms with Crippen LogP contribution >= 0.6 is 23.4 Å². The third kappa shape index (κ3) is 3.53. The number of rotatable bonds is 3. The minimum absolute atomic E-state index is 0.206. The van der Waals surface area contributed by atoms with Gasteiger partial charge in [0.15, 0.2) is 0 Å². The van der Waals surface area contributed by atoms with Crippen LogP contribution in [-0.2, 0) is 0 Å². The minimum Gasteiger partial charge on any atom is -0.384 e. The number of thioether (sulfide) groups is 1. The van der Waals surface area contributed by atoms with Crippen LogP contribution in [0.3, 0.4) is 0 Å². The monoisotopic (exact) mass is 285 g/mol. The molecule has 0 radical (unpaired) electrons. The third-order valence-electron chi connectivity index (χ3n) is 2.85. The van der Waals surface area contributed by atoms with Crippen molar-refractivity contribution in [2.24, 2.45) is 0 Å². The van der Waals surface area contributed by atoms with Gasteiger partial charge in [-0.25, -0.2) is 4.98 Å². The lowest BCUT2D eigenvalue weighted by atomic mass is 10.2. The molecule has 98 valence electrons. The zero-order chi connectivity index (χ0) is 13.0. The lowest BCUT2D eigenvalue weighted by molar-refractivity contribution is 0.0948. The summed E-state index contributed by atoms with van der Waals surface area (Å²) in [6.07, 6.45) is 3.67. The first-order valence-electron chi connectivity index (χ1n) is 5.98. The second-order valence-electron chi connectivity index (χ2n) is 4.27. The first-order chi connectivity index (χ1) is 8.66. The van der Waals surface area contributed by atoms with Crippen molar-refractivity contribution in [3.05, 3.63) is 22.8 Å². The van der Waals surface area contributed by atoms with E-state index in [9.17, 15) is 4.79 Å². The molecule has 1 aliphatic heterocycles.